The average Bonchev–Trinajstić information content (AvgIpc) is 2.29. The molecule has 0 saturated heterocycles. The number of aliphatic hydroxyl groups is 1. The van der Waals surface area contributed by atoms with Gasteiger partial charge in [0, 0.05) is 7.11 Å². The van der Waals surface area contributed by atoms with Crippen LogP contribution in [0.5, 0.6) is 0 Å². The molecule has 2 N–H and O–H groups in total. The molecule has 2 atom stereocenters. The van der Waals surface area contributed by atoms with E-state index in [0.717, 1.165) is 12.1 Å². The lowest BCUT2D eigenvalue weighted by atomic mass is 10.0. The largest absolute Gasteiger partial charge is 0.387 e. The minimum atomic E-state index is -0.522. The second-order valence-electron chi connectivity index (χ2n) is 3.48. The SMILES string of the molecule is CCN[C@@H](COC)[C@H](O)c1ccccc1. The van der Waals surface area contributed by atoms with Crippen LogP contribution >= 0.6 is 0 Å². The predicted octanol–water partition coefficient (Wildman–Crippen LogP) is 1.34. The number of methoxy groups -OCH3 is 1. The van der Waals surface area contributed by atoms with E-state index >= 15 is 0 Å². The van der Waals surface area contributed by atoms with Crippen LogP contribution in [0.25, 0.3) is 0 Å². The van der Waals surface area contributed by atoms with Crippen LogP contribution in [0.3, 0.4) is 0 Å². The third-order valence-electron chi connectivity index (χ3n) is 2.33. The molecule has 3 nitrogen and oxygen atoms in total. The lowest BCUT2D eigenvalue weighted by Crippen LogP contribution is -2.38. The van der Waals surface area contributed by atoms with Crippen molar-refractivity contribution in [1.29, 1.82) is 0 Å². The fourth-order valence-corrected chi connectivity index (χ4v) is 1.59. The Hall–Kier alpha value is -0.900. The smallest absolute Gasteiger partial charge is 0.0965 e. The standard InChI is InChI=1S/C12H19NO2/c1-3-13-11(9-15-2)12(14)10-7-5-4-6-8-10/h4-8,11-14H,3,9H2,1-2H3/t11-,12+/m0/s1. The third-order valence-corrected chi connectivity index (χ3v) is 2.33. The van der Waals surface area contributed by atoms with Crippen molar-refractivity contribution in [1.82, 2.24) is 5.32 Å². The van der Waals surface area contributed by atoms with Gasteiger partial charge in [-0.1, -0.05) is 37.3 Å². The maximum Gasteiger partial charge on any atom is 0.0965 e. The zero-order chi connectivity index (χ0) is 11.1. The zero-order valence-electron chi connectivity index (χ0n) is 9.31. The molecule has 15 heavy (non-hydrogen) atoms. The summed E-state index contributed by atoms with van der Waals surface area (Å²) in [6.45, 7) is 3.34. The van der Waals surface area contributed by atoms with Gasteiger partial charge < -0.3 is 15.2 Å². The summed E-state index contributed by atoms with van der Waals surface area (Å²) in [5.41, 5.74) is 0.917. The summed E-state index contributed by atoms with van der Waals surface area (Å²) in [4.78, 5) is 0. The van der Waals surface area contributed by atoms with Crippen LogP contribution in [0.4, 0.5) is 0 Å². The van der Waals surface area contributed by atoms with Crippen molar-refractivity contribution in [3.8, 4) is 0 Å². The summed E-state index contributed by atoms with van der Waals surface area (Å²) in [6, 6.07) is 9.58. The molecule has 0 aliphatic rings. The molecular formula is C12H19NO2. The molecule has 0 fully saturated rings. The highest BCUT2D eigenvalue weighted by molar-refractivity contribution is 5.18. The van der Waals surface area contributed by atoms with E-state index in [2.05, 4.69) is 5.32 Å². The zero-order valence-corrected chi connectivity index (χ0v) is 9.31. The first-order chi connectivity index (χ1) is 7.29. The lowest BCUT2D eigenvalue weighted by Gasteiger charge is -2.23. The van der Waals surface area contributed by atoms with E-state index < -0.39 is 6.10 Å². The third kappa shape index (κ3) is 3.63. The van der Waals surface area contributed by atoms with Crippen LogP contribution in [-0.2, 0) is 4.74 Å². The molecule has 0 heterocycles. The predicted molar refractivity (Wildman–Crippen MR) is 60.7 cm³/mol. The van der Waals surface area contributed by atoms with E-state index in [1.807, 2.05) is 37.3 Å². The number of likely N-dealkylation sites (N-methyl/N-ethyl adjacent to an activating group) is 1. The topological polar surface area (TPSA) is 41.5 Å². The summed E-state index contributed by atoms with van der Waals surface area (Å²) in [5, 5.41) is 13.3. The van der Waals surface area contributed by atoms with Crippen molar-refractivity contribution in [3.05, 3.63) is 35.9 Å². The molecule has 3 heteroatoms. The van der Waals surface area contributed by atoms with Crippen LogP contribution in [0.1, 0.15) is 18.6 Å². The monoisotopic (exact) mass is 209 g/mol. The van der Waals surface area contributed by atoms with Crippen molar-refractivity contribution in [2.24, 2.45) is 0 Å². The maximum absolute atomic E-state index is 10.1. The van der Waals surface area contributed by atoms with Gasteiger partial charge in [-0.2, -0.15) is 0 Å². The summed E-state index contributed by atoms with van der Waals surface area (Å²) in [6.07, 6.45) is -0.522. The van der Waals surface area contributed by atoms with Gasteiger partial charge in [-0.05, 0) is 12.1 Å². The van der Waals surface area contributed by atoms with Crippen LogP contribution in [0.2, 0.25) is 0 Å². The quantitative estimate of drug-likeness (QED) is 0.743. The number of hydrogen-bond donors (Lipinski definition) is 2. The molecule has 84 valence electrons. The van der Waals surface area contributed by atoms with Gasteiger partial charge in [0.15, 0.2) is 0 Å². The van der Waals surface area contributed by atoms with E-state index in [1.165, 1.54) is 0 Å². The Balaban J connectivity index is 2.67. The number of aliphatic hydroxyl groups excluding tert-OH is 1. The van der Waals surface area contributed by atoms with E-state index in [1.54, 1.807) is 7.11 Å². The molecule has 0 amide bonds. The molecule has 0 saturated carbocycles. The van der Waals surface area contributed by atoms with E-state index in [4.69, 9.17) is 4.74 Å². The number of nitrogens with one attached hydrogen (secondary N) is 1. The first kappa shape index (κ1) is 12.2. The minimum absolute atomic E-state index is 0.0533. The van der Waals surface area contributed by atoms with Gasteiger partial charge in [-0.25, -0.2) is 0 Å². The molecule has 1 aromatic rings. The Morgan fingerprint density at radius 2 is 2.00 bits per heavy atom. The molecule has 1 aromatic carbocycles. The van der Waals surface area contributed by atoms with Crippen LogP contribution in [-0.4, -0.2) is 31.4 Å². The molecule has 0 aromatic heterocycles. The van der Waals surface area contributed by atoms with Gasteiger partial charge in [0.25, 0.3) is 0 Å². The van der Waals surface area contributed by atoms with E-state index in [-0.39, 0.29) is 6.04 Å². The molecular weight excluding hydrogens is 190 g/mol. The number of ether oxygens (including phenoxy) is 1. The van der Waals surface area contributed by atoms with Gasteiger partial charge in [0.1, 0.15) is 0 Å². The Labute approximate surface area is 91.1 Å². The van der Waals surface area contributed by atoms with Crippen molar-refractivity contribution in [3.63, 3.8) is 0 Å². The summed E-state index contributed by atoms with van der Waals surface area (Å²) in [5.74, 6) is 0. The molecule has 0 bridgehead atoms. The molecule has 0 aliphatic heterocycles. The maximum atomic E-state index is 10.1. The fourth-order valence-electron chi connectivity index (χ4n) is 1.59. The normalized spacial score (nSPS) is 14.9. The second-order valence-corrected chi connectivity index (χ2v) is 3.48. The van der Waals surface area contributed by atoms with E-state index in [9.17, 15) is 5.11 Å². The number of hydrogen-bond acceptors (Lipinski definition) is 3. The Morgan fingerprint density at radius 1 is 1.33 bits per heavy atom. The second kappa shape index (κ2) is 6.56. The Bertz CT molecular complexity index is 258. The highest BCUT2D eigenvalue weighted by atomic mass is 16.5. The van der Waals surface area contributed by atoms with Crippen LogP contribution in [0.15, 0.2) is 30.3 Å². The molecule has 0 spiro atoms. The highest BCUT2D eigenvalue weighted by Gasteiger charge is 2.19. The van der Waals surface area contributed by atoms with Crippen molar-refractivity contribution in [2.75, 3.05) is 20.3 Å². The highest BCUT2D eigenvalue weighted by Crippen LogP contribution is 2.16. The minimum Gasteiger partial charge on any atom is -0.387 e. The molecule has 0 aliphatic carbocycles. The van der Waals surface area contributed by atoms with Gasteiger partial charge in [0.05, 0.1) is 18.8 Å². The van der Waals surface area contributed by atoms with Gasteiger partial charge in [-0.3, -0.25) is 0 Å². The Kier molecular flexibility index (Phi) is 5.32. The van der Waals surface area contributed by atoms with Crippen LogP contribution < -0.4 is 5.32 Å². The lowest BCUT2D eigenvalue weighted by molar-refractivity contribution is 0.0706. The Morgan fingerprint density at radius 3 is 2.53 bits per heavy atom. The number of rotatable bonds is 6. The van der Waals surface area contributed by atoms with Crippen molar-refractivity contribution < 1.29 is 9.84 Å². The summed E-state index contributed by atoms with van der Waals surface area (Å²) < 4.78 is 5.08. The summed E-state index contributed by atoms with van der Waals surface area (Å²) >= 11 is 0. The van der Waals surface area contributed by atoms with E-state index in [0.29, 0.717) is 6.61 Å². The molecule has 0 radical (unpaired) electrons. The summed E-state index contributed by atoms with van der Waals surface area (Å²) in [7, 11) is 1.64. The number of benzene rings is 1. The van der Waals surface area contributed by atoms with Gasteiger partial charge >= 0.3 is 0 Å². The van der Waals surface area contributed by atoms with Crippen molar-refractivity contribution in [2.45, 2.75) is 19.1 Å². The molecule has 0 unspecified atom stereocenters. The van der Waals surface area contributed by atoms with Crippen LogP contribution in [0, 0.1) is 0 Å². The fraction of sp³-hybridized carbons (Fsp3) is 0.500. The first-order valence-corrected chi connectivity index (χ1v) is 5.25. The first-order valence-electron chi connectivity index (χ1n) is 5.25. The van der Waals surface area contributed by atoms with Gasteiger partial charge in [0.2, 0.25) is 0 Å². The van der Waals surface area contributed by atoms with Gasteiger partial charge in [-0.15, -0.1) is 0 Å². The van der Waals surface area contributed by atoms with Crippen molar-refractivity contribution >= 4 is 0 Å². The molecule has 1 rings (SSSR count). The average molecular weight is 209 g/mol.